The molecule has 0 saturated carbocycles. The highest BCUT2D eigenvalue weighted by molar-refractivity contribution is 8.31. The summed E-state index contributed by atoms with van der Waals surface area (Å²) in [7, 11) is -2.54. The quantitative estimate of drug-likeness (QED) is 0.0707. The zero-order chi connectivity index (χ0) is 37.1. The second-order valence-electron chi connectivity index (χ2n) is 13.4. The van der Waals surface area contributed by atoms with Crippen LogP contribution in [0.4, 0.5) is 0 Å². The van der Waals surface area contributed by atoms with Gasteiger partial charge in [0.1, 0.15) is 11.1 Å². The first-order valence-electron chi connectivity index (χ1n) is 17.8. The zero-order valence-corrected chi connectivity index (χ0v) is 31.2. The second-order valence-corrected chi connectivity index (χ2v) is 19.2. The molecule has 8 heteroatoms. The lowest BCUT2D eigenvalue weighted by Gasteiger charge is -2.56. The van der Waals surface area contributed by atoms with Crippen LogP contribution in [0.3, 0.4) is 0 Å². The molecule has 268 valence electrons. The van der Waals surface area contributed by atoms with Crippen molar-refractivity contribution in [2.24, 2.45) is 10.3 Å². The molecular weight excluding hydrogens is 706 g/mol. The molecule has 6 aromatic rings. The van der Waals surface area contributed by atoms with E-state index in [-0.39, 0.29) is 17.4 Å². The number of carbonyl (C=O) groups excluding carboxylic acids is 2. The van der Waals surface area contributed by atoms with E-state index in [9.17, 15) is 4.79 Å². The molecule has 8 rings (SSSR count). The topological polar surface area (TPSA) is 98.7 Å². The number of amides is 1. The molecule has 6 aromatic carbocycles. The van der Waals surface area contributed by atoms with Crippen LogP contribution in [0.1, 0.15) is 22.8 Å². The van der Waals surface area contributed by atoms with Gasteiger partial charge in [0.25, 0.3) is 5.91 Å². The predicted molar refractivity (Wildman–Crippen MR) is 225 cm³/mol. The molecule has 0 aliphatic carbocycles. The van der Waals surface area contributed by atoms with Gasteiger partial charge in [-0.25, -0.2) is 4.79 Å². The molecule has 6 nitrogen and oxygen atoms in total. The molecular formula is C46H40N3O3PS. The summed E-state index contributed by atoms with van der Waals surface area (Å²) in [6, 6.07) is 60.0. The first-order valence-corrected chi connectivity index (χ1v) is 21.6. The van der Waals surface area contributed by atoms with E-state index in [0.717, 1.165) is 32.6 Å². The number of nitrogens with two attached hydrogens (primary N) is 2. The Labute approximate surface area is 318 Å². The maximum absolute atomic E-state index is 15.1. The molecule has 1 fully saturated rings. The number of β-lactam (4-membered cyclic amide) rings is 1. The maximum Gasteiger partial charge on any atom is 0.356 e. The average molecular weight is 746 g/mol. The summed E-state index contributed by atoms with van der Waals surface area (Å²) in [5.41, 5.74) is 3.76. The summed E-state index contributed by atoms with van der Waals surface area (Å²) >= 11 is 0. The van der Waals surface area contributed by atoms with Gasteiger partial charge < -0.3 is 4.74 Å². The van der Waals surface area contributed by atoms with Crippen LogP contribution in [0.15, 0.2) is 199 Å². The summed E-state index contributed by atoms with van der Waals surface area (Å²) in [4.78, 5) is 31.1. The average Bonchev–Trinajstić information content (AvgIpc) is 3.22. The van der Waals surface area contributed by atoms with Crippen LogP contribution in [0.2, 0.25) is 0 Å². The van der Waals surface area contributed by atoms with E-state index in [4.69, 9.17) is 15.0 Å². The molecule has 2 aliphatic heterocycles. The van der Waals surface area contributed by atoms with Gasteiger partial charge in [-0.1, -0.05) is 182 Å². The summed E-state index contributed by atoms with van der Waals surface area (Å²) in [6.07, 6.45) is 1.11. The first kappa shape index (κ1) is 35.3. The summed E-state index contributed by atoms with van der Waals surface area (Å²) in [6.45, 7) is -2.66. The van der Waals surface area contributed by atoms with Gasteiger partial charge in [0.15, 0.2) is 6.10 Å². The van der Waals surface area contributed by atoms with Gasteiger partial charge in [-0.3, -0.25) is 20.0 Å². The minimum absolute atomic E-state index is 0.179. The Hall–Kier alpha value is -5.69. The number of hydrogen-bond donors (Lipinski definition) is 2. The number of esters is 1. The molecule has 54 heavy (non-hydrogen) atoms. The number of rotatable bonds is 9. The smallest absolute Gasteiger partial charge is 0.356 e. The molecule has 1 amide bonds. The van der Waals surface area contributed by atoms with E-state index >= 15 is 4.79 Å². The first-order chi connectivity index (χ1) is 26.4. The van der Waals surface area contributed by atoms with Crippen molar-refractivity contribution < 1.29 is 14.3 Å². The van der Waals surface area contributed by atoms with Crippen LogP contribution < -0.4 is 26.2 Å². The molecule has 1 saturated heterocycles. The second kappa shape index (κ2) is 15.0. The predicted octanol–water partition coefficient (Wildman–Crippen LogP) is 7.19. The third kappa shape index (κ3) is 6.57. The van der Waals surface area contributed by atoms with Crippen molar-refractivity contribution in [1.29, 1.82) is 0 Å². The van der Waals surface area contributed by atoms with Crippen molar-refractivity contribution in [3.05, 3.63) is 216 Å². The van der Waals surface area contributed by atoms with Crippen LogP contribution in [-0.2, 0) is 14.3 Å². The van der Waals surface area contributed by atoms with Gasteiger partial charge in [-0.05, 0) is 56.9 Å². The fraction of sp³-hybridized carbons (Fsp3) is 0.0652. The van der Waals surface area contributed by atoms with Crippen molar-refractivity contribution >= 4 is 56.9 Å². The summed E-state index contributed by atoms with van der Waals surface area (Å²) in [5.74, 6) is 1.48. The van der Waals surface area contributed by atoms with Crippen molar-refractivity contribution in [3.8, 4) is 0 Å². The van der Waals surface area contributed by atoms with Gasteiger partial charge in [-0.2, -0.15) is 0 Å². The summed E-state index contributed by atoms with van der Waals surface area (Å²) < 4.78 is 6.56. The van der Waals surface area contributed by atoms with E-state index in [1.807, 2.05) is 152 Å². The van der Waals surface area contributed by atoms with E-state index in [1.165, 1.54) is 4.90 Å². The third-order valence-electron chi connectivity index (χ3n) is 9.92. The molecule has 2 heterocycles. The molecule has 0 aromatic heterocycles. The molecule has 1 atom stereocenters. The lowest BCUT2D eigenvalue weighted by molar-refractivity contribution is -0.149. The Morgan fingerprint density at radius 3 is 1.50 bits per heavy atom. The van der Waals surface area contributed by atoms with Crippen molar-refractivity contribution in [2.45, 2.75) is 11.5 Å². The minimum Gasteiger partial charge on any atom is -0.448 e. The Morgan fingerprint density at radius 1 is 0.648 bits per heavy atom. The Kier molecular flexibility index (Phi) is 9.80. The lowest BCUT2D eigenvalue weighted by Crippen LogP contribution is -2.64. The van der Waals surface area contributed by atoms with Crippen molar-refractivity contribution in [3.63, 3.8) is 0 Å². The number of carbonyl (C=O) groups is 2. The highest BCUT2D eigenvalue weighted by Crippen LogP contribution is 2.57. The number of nitrogens with zero attached hydrogens (tertiary/aromatic N) is 1. The number of ether oxygens (including phenoxy) is 1. The van der Waals surface area contributed by atoms with Gasteiger partial charge in [0, 0.05) is 5.75 Å². The largest absolute Gasteiger partial charge is 0.448 e. The summed E-state index contributed by atoms with van der Waals surface area (Å²) in [5, 5.41) is 16.9. The van der Waals surface area contributed by atoms with Crippen molar-refractivity contribution in [2.75, 3.05) is 5.75 Å². The monoisotopic (exact) mass is 745 g/mol. The van der Waals surface area contributed by atoms with Gasteiger partial charge in [0.2, 0.25) is 0 Å². The number of hydrogen-bond acceptors (Lipinski definition) is 5. The Morgan fingerprint density at radius 2 is 1.06 bits per heavy atom. The Bertz CT molecular complexity index is 2260. The number of benzene rings is 6. The molecule has 4 N–H and O–H groups in total. The van der Waals surface area contributed by atoms with Gasteiger partial charge >= 0.3 is 5.97 Å². The molecule has 0 spiro atoms. The highest BCUT2D eigenvalue weighted by Gasteiger charge is 2.56. The SMILES string of the molecule is NS1(N)CC(C=P(c2ccccc2)(c2ccccc2)c2ccccc2)=C(C(=O)OC(c2ccccc2)c2ccccc2)N2C(=O)/C(=C\c3ccccc3)C21. The molecule has 1 unspecified atom stereocenters. The minimum atomic E-state index is -2.66. The standard InChI is InChI=1S/C46H40N3O3PS/c47-54(48)33-37(32-53(38-25-13-4-14-26-38,39-27-15-5-16-28-39)40-29-17-6-18-30-40)42(49-44(50)41(45(49)54)31-34-19-7-1-8-20-34)46(51)52-43(35-21-9-2-10-22-35)36-23-11-3-12-24-36/h1-32,43,45H,33,47-48H2/b41-31+. The fourth-order valence-electron chi connectivity index (χ4n) is 7.48. The van der Waals surface area contributed by atoms with E-state index in [1.54, 1.807) is 0 Å². The molecule has 2 aliphatic rings. The van der Waals surface area contributed by atoms with Crippen LogP contribution in [-0.4, -0.2) is 33.7 Å². The fourth-order valence-corrected chi connectivity index (χ4v) is 13.7. The molecule has 0 bridgehead atoms. The van der Waals surface area contributed by atoms with E-state index in [0.29, 0.717) is 11.1 Å². The molecule has 0 radical (unpaired) electrons. The van der Waals surface area contributed by atoms with E-state index in [2.05, 4.69) is 42.2 Å². The van der Waals surface area contributed by atoms with Gasteiger partial charge in [-0.15, -0.1) is 10.4 Å². The van der Waals surface area contributed by atoms with Crippen molar-refractivity contribution in [1.82, 2.24) is 4.90 Å². The van der Waals surface area contributed by atoms with Crippen LogP contribution in [0.25, 0.3) is 6.08 Å². The highest BCUT2D eigenvalue weighted by atomic mass is 32.3. The zero-order valence-electron chi connectivity index (χ0n) is 29.5. The lowest BCUT2D eigenvalue weighted by atomic mass is 9.99. The number of fused-ring (bicyclic) bond motifs is 1. The third-order valence-corrected chi connectivity index (χ3v) is 16.1. The Balaban J connectivity index is 1.39. The van der Waals surface area contributed by atoms with Crippen LogP contribution >= 0.6 is 17.3 Å². The van der Waals surface area contributed by atoms with Crippen LogP contribution in [0, 0.1) is 0 Å². The van der Waals surface area contributed by atoms with Crippen LogP contribution in [0.5, 0.6) is 0 Å². The van der Waals surface area contributed by atoms with Gasteiger partial charge in [0.05, 0.1) is 5.57 Å². The maximum atomic E-state index is 15.1. The van der Waals surface area contributed by atoms with E-state index < -0.39 is 34.7 Å². The normalized spacial score (nSPS) is 17.8.